The van der Waals surface area contributed by atoms with Gasteiger partial charge in [0.1, 0.15) is 22.9 Å². The zero-order valence-electron chi connectivity index (χ0n) is 14.0. The minimum Gasteiger partial charge on any atom is -0.238 e. The van der Waals surface area contributed by atoms with Gasteiger partial charge in [0, 0.05) is 35.9 Å². The summed E-state index contributed by atoms with van der Waals surface area (Å²) < 4.78 is 13.9. The van der Waals surface area contributed by atoms with Gasteiger partial charge < -0.3 is 0 Å². The Kier molecular flexibility index (Phi) is 4.04. The van der Waals surface area contributed by atoms with E-state index in [-0.39, 0.29) is 5.82 Å². The molecule has 0 saturated heterocycles. The summed E-state index contributed by atoms with van der Waals surface area (Å²) in [6, 6.07) is 29.8. The van der Waals surface area contributed by atoms with Crippen LogP contribution in [0.4, 0.5) is 21.5 Å². The molecule has 1 N–H and O–H groups in total. The fourth-order valence-corrected chi connectivity index (χ4v) is 3.32. The smallest absolute Gasteiger partial charge is 0.144 e. The predicted molar refractivity (Wildman–Crippen MR) is 101 cm³/mol. The highest BCUT2D eigenvalue weighted by Gasteiger charge is 2.21. The van der Waals surface area contributed by atoms with Gasteiger partial charge in [-0.25, -0.2) is 9.29 Å². The monoisotopic (exact) mass is 328 g/mol. The minimum absolute atomic E-state index is 0.218. The Hall–Kier alpha value is -2.97. The fraction of sp³-hybridized carbons (Fsp3) is 0.0435. The van der Waals surface area contributed by atoms with Crippen LogP contribution in [0.15, 0.2) is 91.0 Å². The molecule has 0 bridgehead atoms. The van der Waals surface area contributed by atoms with E-state index in [9.17, 15) is 4.39 Å². The van der Waals surface area contributed by atoms with Crippen molar-refractivity contribution in [3.63, 3.8) is 0 Å². The van der Waals surface area contributed by atoms with Crippen molar-refractivity contribution < 1.29 is 9.29 Å². The molecule has 0 aliphatic heterocycles. The lowest BCUT2D eigenvalue weighted by atomic mass is 10.1. The fourth-order valence-electron chi connectivity index (χ4n) is 3.32. The molecule has 25 heavy (non-hydrogen) atoms. The Labute approximate surface area is 147 Å². The van der Waals surface area contributed by atoms with Crippen molar-refractivity contribution in [1.82, 2.24) is 0 Å². The standard InChI is InChI=1S/C23H18FN/c1-17-7-2-5-12-23(17)25(21-11-6-10-20(24)16-21)22-14-13-18-8-3-4-9-19(18)15-22/h2-16H,1H3/p+1. The lowest BCUT2D eigenvalue weighted by Crippen LogP contribution is -2.97. The topological polar surface area (TPSA) is 4.44 Å². The first-order valence-corrected chi connectivity index (χ1v) is 8.40. The van der Waals surface area contributed by atoms with Gasteiger partial charge in [-0.1, -0.05) is 48.5 Å². The Morgan fingerprint density at radius 2 is 1.36 bits per heavy atom. The molecule has 0 fully saturated rings. The second-order valence-corrected chi connectivity index (χ2v) is 6.26. The van der Waals surface area contributed by atoms with Gasteiger partial charge >= 0.3 is 0 Å². The molecule has 0 saturated carbocycles. The lowest BCUT2D eigenvalue weighted by Gasteiger charge is -2.20. The average molecular weight is 328 g/mol. The quantitative estimate of drug-likeness (QED) is 0.509. The molecule has 0 heterocycles. The zero-order chi connectivity index (χ0) is 17.2. The third-order valence-corrected chi connectivity index (χ3v) is 4.57. The second kappa shape index (κ2) is 6.50. The van der Waals surface area contributed by atoms with E-state index in [4.69, 9.17) is 0 Å². The molecule has 0 amide bonds. The molecule has 0 radical (unpaired) electrons. The highest BCUT2D eigenvalue weighted by molar-refractivity contribution is 5.84. The van der Waals surface area contributed by atoms with E-state index in [0.29, 0.717) is 0 Å². The minimum atomic E-state index is -0.218. The number of hydrogen-bond acceptors (Lipinski definition) is 0. The van der Waals surface area contributed by atoms with Crippen molar-refractivity contribution in [2.45, 2.75) is 6.92 Å². The summed E-state index contributed by atoms with van der Waals surface area (Å²) in [4.78, 5) is 1.06. The summed E-state index contributed by atoms with van der Waals surface area (Å²) >= 11 is 0. The Morgan fingerprint density at radius 3 is 2.16 bits per heavy atom. The van der Waals surface area contributed by atoms with Crippen LogP contribution in [0.5, 0.6) is 0 Å². The molecule has 2 heteroatoms. The SMILES string of the molecule is Cc1ccccc1[NH+](c1cccc(F)c1)c1ccc2ccccc2c1. The third-order valence-electron chi connectivity index (χ3n) is 4.57. The van der Waals surface area contributed by atoms with Crippen LogP contribution >= 0.6 is 0 Å². The Morgan fingerprint density at radius 1 is 0.640 bits per heavy atom. The molecule has 0 aliphatic rings. The van der Waals surface area contributed by atoms with Crippen LogP contribution in [0.2, 0.25) is 0 Å². The summed E-state index contributed by atoms with van der Waals surface area (Å²) in [6.45, 7) is 2.09. The van der Waals surface area contributed by atoms with Crippen LogP contribution < -0.4 is 4.90 Å². The molecular formula is C23H19FN+. The summed E-state index contributed by atoms with van der Waals surface area (Å²) in [5, 5.41) is 2.39. The van der Waals surface area contributed by atoms with E-state index in [0.717, 1.165) is 22.0 Å². The van der Waals surface area contributed by atoms with E-state index in [1.165, 1.54) is 22.4 Å². The summed E-state index contributed by atoms with van der Waals surface area (Å²) in [6.07, 6.45) is 0. The molecule has 1 atom stereocenters. The van der Waals surface area contributed by atoms with Crippen molar-refractivity contribution in [1.29, 1.82) is 0 Å². The maximum atomic E-state index is 13.9. The van der Waals surface area contributed by atoms with Crippen molar-refractivity contribution in [2.24, 2.45) is 0 Å². The first-order chi connectivity index (χ1) is 12.2. The number of hydrogen-bond donors (Lipinski definition) is 1. The third kappa shape index (κ3) is 3.04. The molecule has 1 nitrogen and oxygen atoms in total. The van der Waals surface area contributed by atoms with E-state index < -0.39 is 0 Å². The number of halogens is 1. The summed E-state index contributed by atoms with van der Waals surface area (Å²) in [5.41, 5.74) is 4.29. The number of rotatable bonds is 3. The first-order valence-electron chi connectivity index (χ1n) is 8.40. The van der Waals surface area contributed by atoms with Gasteiger partial charge in [0.2, 0.25) is 0 Å². The van der Waals surface area contributed by atoms with E-state index in [2.05, 4.69) is 49.4 Å². The molecule has 4 aromatic rings. The van der Waals surface area contributed by atoms with Crippen LogP contribution in [0.25, 0.3) is 10.8 Å². The van der Waals surface area contributed by atoms with Gasteiger partial charge in [-0.3, -0.25) is 0 Å². The average Bonchev–Trinajstić information content (AvgIpc) is 2.64. The zero-order valence-corrected chi connectivity index (χ0v) is 14.0. The van der Waals surface area contributed by atoms with Crippen LogP contribution in [0, 0.1) is 12.7 Å². The number of para-hydroxylation sites is 1. The lowest BCUT2D eigenvalue weighted by molar-refractivity contribution is -0.681. The van der Waals surface area contributed by atoms with Crippen molar-refractivity contribution in [3.8, 4) is 0 Å². The number of aryl methyl sites for hydroxylation is 1. The first kappa shape index (κ1) is 15.6. The molecule has 1 unspecified atom stereocenters. The highest BCUT2D eigenvalue weighted by atomic mass is 19.1. The van der Waals surface area contributed by atoms with Gasteiger partial charge in [-0.15, -0.1) is 0 Å². The van der Waals surface area contributed by atoms with Gasteiger partial charge in [0.15, 0.2) is 0 Å². The van der Waals surface area contributed by atoms with Crippen molar-refractivity contribution in [2.75, 3.05) is 0 Å². The van der Waals surface area contributed by atoms with Crippen LogP contribution in [-0.4, -0.2) is 0 Å². The molecule has 0 aromatic heterocycles. The van der Waals surface area contributed by atoms with Gasteiger partial charge in [0.05, 0.1) is 0 Å². The molecule has 0 aliphatic carbocycles. The Bertz CT molecular complexity index is 1040. The van der Waals surface area contributed by atoms with Crippen molar-refractivity contribution in [3.05, 3.63) is 102 Å². The van der Waals surface area contributed by atoms with Crippen molar-refractivity contribution >= 4 is 27.8 Å². The van der Waals surface area contributed by atoms with Crippen LogP contribution in [-0.2, 0) is 0 Å². The van der Waals surface area contributed by atoms with Crippen LogP contribution in [0.3, 0.4) is 0 Å². The number of nitrogens with one attached hydrogen (secondary N) is 1. The molecule has 122 valence electrons. The largest absolute Gasteiger partial charge is 0.238 e. The van der Waals surface area contributed by atoms with Crippen LogP contribution in [0.1, 0.15) is 5.56 Å². The number of quaternary nitrogens is 1. The maximum Gasteiger partial charge on any atom is 0.144 e. The molecule has 4 rings (SSSR count). The number of fused-ring (bicyclic) bond motifs is 1. The van der Waals surface area contributed by atoms with E-state index in [1.807, 2.05) is 30.3 Å². The maximum absolute atomic E-state index is 13.9. The highest BCUT2D eigenvalue weighted by Crippen LogP contribution is 2.22. The predicted octanol–water partition coefficient (Wildman–Crippen LogP) is 5.47. The molecule has 4 aromatic carbocycles. The van der Waals surface area contributed by atoms with E-state index >= 15 is 0 Å². The normalized spacial score (nSPS) is 12.2. The van der Waals surface area contributed by atoms with Gasteiger partial charge in [0.25, 0.3) is 0 Å². The second-order valence-electron chi connectivity index (χ2n) is 6.26. The molecule has 0 spiro atoms. The summed E-state index contributed by atoms with van der Waals surface area (Å²) in [5.74, 6) is -0.218. The van der Waals surface area contributed by atoms with E-state index in [1.54, 1.807) is 12.1 Å². The number of benzene rings is 4. The van der Waals surface area contributed by atoms with Gasteiger partial charge in [-0.05, 0) is 29.8 Å². The molecular weight excluding hydrogens is 309 g/mol. The van der Waals surface area contributed by atoms with Gasteiger partial charge in [-0.2, -0.15) is 0 Å². The Balaban J connectivity index is 1.94. The summed E-state index contributed by atoms with van der Waals surface area (Å²) in [7, 11) is 0.